The van der Waals surface area contributed by atoms with E-state index >= 15 is 0 Å². The van der Waals surface area contributed by atoms with Gasteiger partial charge in [-0.3, -0.25) is 19.0 Å². The molecule has 2 N–H and O–H groups in total. The van der Waals surface area contributed by atoms with E-state index in [1.165, 1.54) is 97.5 Å². The number of thiophene rings is 2. The third-order valence-electron chi connectivity index (χ3n) is 7.55. The average Bonchev–Trinajstić information content (AvgIpc) is 3.99. The van der Waals surface area contributed by atoms with Crippen molar-refractivity contribution in [2.75, 3.05) is 14.3 Å². The van der Waals surface area contributed by atoms with Gasteiger partial charge in [-0.1, -0.05) is 47.5 Å². The molecule has 0 saturated carbocycles. The van der Waals surface area contributed by atoms with E-state index in [2.05, 4.69) is 9.44 Å². The van der Waals surface area contributed by atoms with Crippen LogP contribution >= 0.6 is 45.9 Å². The third-order valence-corrected chi connectivity index (χ3v) is 13.7. The van der Waals surface area contributed by atoms with Gasteiger partial charge in [0.05, 0.1) is 49.3 Å². The highest BCUT2D eigenvalue weighted by atomic mass is 35.5. The van der Waals surface area contributed by atoms with Crippen molar-refractivity contribution in [3.8, 4) is 28.9 Å². The average molecular weight is 840 g/mol. The van der Waals surface area contributed by atoms with E-state index in [1.54, 1.807) is 12.1 Å². The van der Waals surface area contributed by atoms with Crippen molar-refractivity contribution in [2.24, 2.45) is 0 Å². The Morgan fingerprint density at radius 3 is 1.57 bits per heavy atom. The van der Waals surface area contributed by atoms with E-state index in [9.17, 15) is 31.7 Å². The van der Waals surface area contributed by atoms with Gasteiger partial charge in [-0.05, 0) is 72.8 Å². The van der Waals surface area contributed by atoms with Crippen molar-refractivity contribution in [2.45, 2.75) is 8.42 Å². The van der Waals surface area contributed by atoms with Gasteiger partial charge in [-0.2, -0.15) is 5.26 Å². The minimum absolute atomic E-state index is 0.0326. The Labute approximate surface area is 324 Å². The lowest BCUT2D eigenvalue weighted by atomic mass is 10.1. The molecule has 5 heterocycles. The van der Waals surface area contributed by atoms with Gasteiger partial charge in [0, 0.05) is 0 Å². The van der Waals surface area contributed by atoms with Crippen LogP contribution < -0.4 is 14.3 Å². The van der Waals surface area contributed by atoms with Crippen molar-refractivity contribution in [1.29, 1.82) is 5.26 Å². The maximum absolute atomic E-state index is 14.9. The molecule has 272 valence electrons. The normalized spacial score (nSPS) is 11.6. The highest BCUT2D eigenvalue weighted by Crippen LogP contribution is 2.44. The predicted molar refractivity (Wildman–Crippen MR) is 203 cm³/mol. The highest BCUT2D eigenvalue weighted by molar-refractivity contribution is 7.95. The number of sulfonamides is 2. The summed E-state index contributed by atoms with van der Waals surface area (Å²) in [6, 6.07) is 24.4. The number of furan rings is 3. The van der Waals surface area contributed by atoms with E-state index in [1.807, 2.05) is 6.07 Å². The van der Waals surface area contributed by atoms with Crippen LogP contribution in [0.2, 0.25) is 8.67 Å². The minimum atomic E-state index is -4.29. The first-order chi connectivity index (χ1) is 25.9. The molecular formula is C35H20Cl2N4O9S4. The topological polar surface area (TPSA) is 193 Å². The van der Waals surface area contributed by atoms with Gasteiger partial charge in [0.1, 0.15) is 25.8 Å². The van der Waals surface area contributed by atoms with Crippen LogP contribution in [0, 0.1) is 11.3 Å². The molecule has 7 rings (SSSR count). The summed E-state index contributed by atoms with van der Waals surface area (Å²) in [5, 5.41) is 10.6. The maximum Gasteiger partial charge on any atom is 0.271 e. The van der Waals surface area contributed by atoms with E-state index in [0.717, 1.165) is 22.7 Å². The first-order valence-corrected chi connectivity index (χ1v) is 20.5. The van der Waals surface area contributed by atoms with Crippen molar-refractivity contribution >= 4 is 95.0 Å². The highest BCUT2D eigenvalue weighted by Gasteiger charge is 2.38. The molecule has 0 atom stereocenters. The summed E-state index contributed by atoms with van der Waals surface area (Å²) in [5.41, 5.74) is -1.47. The number of hydrogen-bond acceptors (Lipinski definition) is 12. The summed E-state index contributed by atoms with van der Waals surface area (Å²) >= 11 is 13.5. The summed E-state index contributed by atoms with van der Waals surface area (Å²) < 4.78 is 75.8. The Balaban J connectivity index is 1.42. The Morgan fingerprint density at radius 2 is 1.15 bits per heavy atom. The van der Waals surface area contributed by atoms with Gasteiger partial charge in [0.2, 0.25) is 5.88 Å². The molecule has 0 saturated heterocycles. The number of halogens is 2. The number of imide groups is 1. The molecule has 19 heteroatoms. The van der Waals surface area contributed by atoms with Crippen LogP contribution in [0.25, 0.3) is 22.8 Å². The van der Waals surface area contributed by atoms with Crippen molar-refractivity contribution in [3.63, 3.8) is 0 Å². The van der Waals surface area contributed by atoms with Crippen LogP contribution in [0.4, 0.5) is 17.3 Å². The van der Waals surface area contributed by atoms with Gasteiger partial charge < -0.3 is 13.3 Å². The molecule has 2 aromatic carbocycles. The molecule has 54 heavy (non-hydrogen) atoms. The van der Waals surface area contributed by atoms with Crippen molar-refractivity contribution in [1.82, 2.24) is 0 Å². The van der Waals surface area contributed by atoms with Crippen molar-refractivity contribution < 1.29 is 39.7 Å². The number of nitriles is 1. The largest absolute Gasteiger partial charge is 0.464 e. The van der Waals surface area contributed by atoms with Crippen LogP contribution in [0.1, 0.15) is 26.3 Å². The second-order valence-electron chi connectivity index (χ2n) is 10.9. The zero-order valence-corrected chi connectivity index (χ0v) is 31.6. The summed E-state index contributed by atoms with van der Waals surface area (Å²) in [4.78, 5) is 30.3. The molecule has 0 bridgehead atoms. The SMILES string of the molecule is N#Cc1c(N(C(=O)c2ccccc2NS(=O)(=O)c2ccc(Cl)s2)C(=O)c2ccccc2NS(=O)(=O)c2ccc(Cl)s2)oc(-c2ccco2)c1-c1ccco1. The number of nitrogens with one attached hydrogen (secondary N) is 2. The van der Waals surface area contributed by atoms with Gasteiger partial charge in [-0.15, -0.1) is 22.7 Å². The van der Waals surface area contributed by atoms with Gasteiger partial charge >= 0.3 is 0 Å². The number of rotatable bonds is 11. The minimum Gasteiger partial charge on any atom is -0.464 e. The summed E-state index contributed by atoms with van der Waals surface area (Å²) in [5.74, 6) is -2.78. The van der Waals surface area contributed by atoms with Gasteiger partial charge in [0.15, 0.2) is 11.5 Å². The standard InChI is InChI=1S/C35H20Cl2N4O9S4/c36-27-13-15-29(51-27)53(44,45)39-23-9-3-1-7-20(23)33(42)41(34(43)21-8-2-4-10-24(21)40-54(46,47)30-16-14-28(37)52-30)35-22(19-38)31(25-11-5-17-48-25)32(50-35)26-12-6-18-49-26/h1-18,39-40H. The number of anilines is 3. The molecule has 0 aliphatic rings. The Morgan fingerprint density at radius 1 is 0.667 bits per heavy atom. The Kier molecular flexibility index (Phi) is 9.98. The zero-order valence-electron chi connectivity index (χ0n) is 26.8. The van der Waals surface area contributed by atoms with Gasteiger partial charge in [-0.25, -0.2) is 21.7 Å². The van der Waals surface area contributed by atoms with E-state index < -0.39 is 37.7 Å². The van der Waals surface area contributed by atoms with Crippen LogP contribution in [0.3, 0.4) is 0 Å². The lowest BCUT2D eigenvalue weighted by Crippen LogP contribution is -2.38. The van der Waals surface area contributed by atoms with Gasteiger partial charge in [0.25, 0.3) is 31.9 Å². The summed E-state index contributed by atoms with van der Waals surface area (Å²) in [7, 11) is -8.59. The molecular weight excluding hydrogens is 820 g/mol. The Bertz CT molecular complexity index is 2670. The van der Waals surface area contributed by atoms with Crippen molar-refractivity contribution in [3.05, 3.63) is 135 Å². The Hall–Kier alpha value is -5.61. The monoisotopic (exact) mass is 838 g/mol. The number of hydrogen-bond donors (Lipinski definition) is 2. The fourth-order valence-corrected chi connectivity index (χ4v) is 10.4. The number of carbonyl (C=O) groups is 2. The smallest absolute Gasteiger partial charge is 0.271 e. The number of carbonyl (C=O) groups excluding carboxylic acids is 2. The number of benzene rings is 2. The second kappa shape index (κ2) is 14.7. The molecule has 0 fully saturated rings. The van der Waals surface area contributed by atoms with Crippen LogP contribution in [-0.2, 0) is 20.0 Å². The van der Waals surface area contributed by atoms with E-state index in [-0.39, 0.29) is 68.0 Å². The molecule has 7 aromatic rings. The predicted octanol–water partition coefficient (Wildman–Crippen LogP) is 9.19. The molecule has 5 aromatic heterocycles. The van der Waals surface area contributed by atoms with Crippen LogP contribution in [0.5, 0.6) is 0 Å². The molecule has 0 radical (unpaired) electrons. The quantitative estimate of drug-likeness (QED) is 0.119. The number of para-hydroxylation sites is 2. The molecule has 0 spiro atoms. The first-order valence-electron chi connectivity index (χ1n) is 15.2. The summed E-state index contributed by atoms with van der Waals surface area (Å²) in [6.45, 7) is 0. The van der Waals surface area contributed by atoms with Crippen LogP contribution in [-0.4, -0.2) is 28.6 Å². The van der Waals surface area contributed by atoms with E-state index in [4.69, 9.17) is 36.5 Å². The van der Waals surface area contributed by atoms with Crippen LogP contribution in [0.15, 0.2) is 131 Å². The maximum atomic E-state index is 14.9. The second-order valence-corrected chi connectivity index (χ2v) is 18.2. The first kappa shape index (κ1) is 36.7. The third kappa shape index (κ3) is 7.06. The molecule has 0 unspecified atom stereocenters. The lowest BCUT2D eigenvalue weighted by molar-refractivity contribution is 0.0892. The zero-order chi connectivity index (χ0) is 38.2. The molecule has 0 aliphatic carbocycles. The number of amides is 2. The lowest BCUT2D eigenvalue weighted by Gasteiger charge is -2.22. The molecule has 2 amide bonds. The molecule has 13 nitrogen and oxygen atoms in total. The fraction of sp³-hybridized carbons (Fsp3) is 0. The fourth-order valence-electron chi connectivity index (χ4n) is 5.23. The number of nitrogens with zero attached hydrogens (tertiary/aromatic N) is 2. The summed E-state index contributed by atoms with van der Waals surface area (Å²) in [6.07, 6.45) is 2.69. The molecule has 0 aliphatic heterocycles. The van der Waals surface area contributed by atoms with E-state index in [0.29, 0.717) is 4.90 Å².